The molecule has 0 aliphatic carbocycles. The number of carbonyl (C=O) groups is 4. The lowest BCUT2D eigenvalue weighted by Crippen LogP contribution is -2.55. The number of aliphatic hydroxyl groups is 1. The number of allylic oxidation sites excluding steroid dienone is 1. The molecular weight excluding hydrogens is 526 g/mol. The molecule has 4 aliphatic heterocycles. The predicted octanol–water partition coefficient (Wildman–Crippen LogP) is 1.90. The van der Waals surface area contributed by atoms with Crippen LogP contribution in [-0.4, -0.2) is 89.1 Å². The number of hydrogen-bond acceptors (Lipinski definition) is 7. The number of carbonyl (C=O) groups excluding carboxylic acids is 4. The Morgan fingerprint density at radius 2 is 1.85 bits per heavy atom. The maximum absolute atomic E-state index is 14.2. The van der Waals surface area contributed by atoms with Crippen LogP contribution in [0.15, 0.2) is 54.6 Å². The molecule has 1 aromatic rings. The summed E-state index contributed by atoms with van der Waals surface area (Å²) in [6.07, 6.45) is 8.31. The lowest BCUT2D eigenvalue weighted by molar-refractivity contribution is -0.160. The molecule has 10 nitrogen and oxygen atoms in total. The first kappa shape index (κ1) is 29.0. The standard InChI is InChI=1S/C31H39N3O7/c1-2-3-16-33-17-9-15-31-26(28(37)34(18-10-19-35)27(31)29(33)38)25-22(41-31)13-7-8-14-24(36)32-20-23(40-30(25)39)21-11-5-4-6-12-21/h4-7,9,11-13,15,22-23,25-27,35H,2-3,8,10,14,16-20H2,1H3,(H,32,36)/b13-7-/t22-,23+,25+,26+,27-,31+/m1/s1. The molecule has 1 spiro atoms. The minimum Gasteiger partial charge on any atom is -0.455 e. The van der Waals surface area contributed by atoms with Crippen LogP contribution in [0.4, 0.5) is 0 Å². The summed E-state index contributed by atoms with van der Waals surface area (Å²) < 4.78 is 12.7. The summed E-state index contributed by atoms with van der Waals surface area (Å²) in [7, 11) is 0. The molecule has 3 amide bonds. The third-order valence-corrected chi connectivity index (χ3v) is 8.47. The largest absolute Gasteiger partial charge is 0.455 e. The van der Waals surface area contributed by atoms with E-state index in [4.69, 9.17) is 9.47 Å². The van der Waals surface area contributed by atoms with Gasteiger partial charge in [-0.3, -0.25) is 19.2 Å². The summed E-state index contributed by atoms with van der Waals surface area (Å²) in [6, 6.07) is 8.20. The van der Waals surface area contributed by atoms with Crippen molar-refractivity contribution in [2.24, 2.45) is 11.8 Å². The second-order valence-electron chi connectivity index (χ2n) is 11.1. The van der Waals surface area contributed by atoms with Crippen LogP contribution in [0.25, 0.3) is 0 Å². The van der Waals surface area contributed by atoms with E-state index >= 15 is 0 Å². The van der Waals surface area contributed by atoms with E-state index in [2.05, 4.69) is 12.2 Å². The molecule has 10 heteroatoms. The number of benzene rings is 1. The number of amides is 3. The molecule has 1 aromatic carbocycles. The van der Waals surface area contributed by atoms with Crippen LogP contribution in [0.1, 0.15) is 50.7 Å². The minimum absolute atomic E-state index is 0.0936. The summed E-state index contributed by atoms with van der Waals surface area (Å²) in [5.41, 5.74) is -0.644. The van der Waals surface area contributed by atoms with Gasteiger partial charge in [-0.25, -0.2) is 0 Å². The Morgan fingerprint density at radius 3 is 2.61 bits per heavy atom. The third-order valence-electron chi connectivity index (χ3n) is 8.47. The van der Waals surface area contributed by atoms with Gasteiger partial charge in [0.1, 0.15) is 23.7 Å². The van der Waals surface area contributed by atoms with E-state index in [-0.39, 0.29) is 43.8 Å². The molecule has 220 valence electrons. The molecule has 6 atom stereocenters. The number of cyclic esters (lactones) is 1. The van der Waals surface area contributed by atoms with Gasteiger partial charge in [0.2, 0.25) is 17.7 Å². The molecule has 5 rings (SSSR count). The molecule has 2 saturated heterocycles. The molecule has 0 saturated carbocycles. The van der Waals surface area contributed by atoms with Crippen LogP contribution in [0.3, 0.4) is 0 Å². The SMILES string of the molecule is CCCCN1CC=C[C@]23O[C@@H]4/C=C\CCC(=O)NC[C@@H](c5ccccc5)OC(=O)[C@@H]4[C@H]2C(=O)N(CCCO)[C@@H]3C1=O. The third kappa shape index (κ3) is 5.55. The number of esters is 1. The van der Waals surface area contributed by atoms with E-state index < -0.39 is 41.7 Å². The second kappa shape index (κ2) is 12.6. The van der Waals surface area contributed by atoms with Crippen molar-refractivity contribution in [1.29, 1.82) is 0 Å². The zero-order chi connectivity index (χ0) is 29.0. The first-order valence-corrected chi connectivity index (χ1v) is 14.7. The van der Waals surface area contributed by atoms with E-state index in [1.165, 1.54) is 4.90 Å². The molecule has 41 heavy (non-hydrogen) atoms. The van der Waals surface area contributed by atoms with Gasteiger partial charge in [-0.15, -0.1) is 0 Å². The lowest BCUT2D eigenvalue weighted by Gasteiger charge is -2.35. The molecule has 2 N–H and O–H groups in total. The summed E-state index contributed by atoms with van der Waals surface area (Å²) in [4.78, 5) is 58.0. The van der Waals surface area contributed by atoms with Gasteiger partial charge in [-0.05, 0) is 24.8 Å². The first-order valence-electron chi connectivity index (χ1n) is 14.7. The summed E-state index contributed by atoms with van der Waals surface area (Å²) in [6.45, 7) is 3.11. The fourth-order valence-corrected chi connectivity index (χ4v) is 6.48. The summed E-state index contributed by atoms with van der Waals surface area (Å²) >= 11 is 0. The second-order valence-corrected chi connectivity index (χ2v) is 11.1. The highest BCUT2D eigenvalue weighted by atomic mass is 16.6. The molecule has 4 aliphatic rings. The topological polar surface area (TPSA) is 125 Å². The molecule has 4 heterocycles. The van der Waals surface area contributed by atoms with Crippen LogP contribution < -0.4 is 5.32 Å². The number of rotatable bonds is 7. The van der Waals surface area contributed by atoms with E-state index in [1.54, 1.807) is 23.1 Å². The molecule has 0 bridgehead atoms. The lowest BCUT2D eigenvalue weighted by atomic mass is 9.78. The molecule has 0 unspecified atom stereocenters. The number of hydrogen-bond donors (Lipinski definition) is 2. The van der Waals surface area contributed by atoms with Crippen molar-refractivity contribution in [1.82, 2.24) is 15.1 Å². The monoisotopic (exact) mass is 565 g/mol. The van der Waals surface area contributed by atoms with E-state index in [1.807, 2.05) is 36.4 Å². The number of aliphatic hydroxyl groups excluding tert-OH is 1. The van der Waals surface area contributed by atoms with Gasteiger partial charge in [-0.1, -0.05) is 68.0 Å². The Bertz CT molecular complexity index is 1200. The Hall–Kier alpha value is -3.50. The number of ether oxygens (including phenoxy) is 2. The van der Waals surface area contributed by atoms with Gasteiger partial charge in [0, 0.05) is 32.7 Å². The Balaban J connectivity index is 1.56. The van der Waals surface area contributed by atoms with Crippen molar-refractivity contribution in [2.75, 3.05) is 32.8 Å². The van der Waals surface area contributed by atoms with Crippen LogP contribution in [-0.2, 0) is 28.7 Å². The Labute approximate surface area is 240 Å². The van der Waals surface area contributed by atoms with Gasteiger partial charge in [0.05, 0.1) is 18.6 Å². The van der Waals surface area contributed by atoms with Gasteiger partial charge in [0.15, 0.2) is 0 Å². The maximum Gasteiger partial charge on any atom is 0.313 e. The predicted molar refractivity (Wildman–Crippen MR) is 149 cm³/mol. The van der Waals surface area contributed by atoms with Gasteiger partial charge >= 0.3 is 5.97 Å². The summed E-state index contributed by atoms with van der Waals surface area (Å²) in [5, 5.41) is 12.4. The number of fused-ring (bicyclic) bond motifs is 2. The van der Waals surface area contributed by atoms with Crippen molar-refractivity contribution < 1.29 is 33.8 Å². The normalized spacial score (nSPS) is 32.7. The summed E-state index contributed by atoms with van der Waals surface area (Å²) in [5.74, 6) is -3.33. The maximum atomic E-state index is 14.2. The average molecular weight is 566 g/mol. The number of unbranched alkanes of at least 4 members (excludes halogenated alkanes) is 1. The number of likely N-dealkylation sites (tertiary alicyclic amines) is 1. The molecule has 0 radical (unpaired) electrons. The van der Waals surface area contributed by atoms with Crippen molar-refractivity contribution in [3.05, 3.63) is 60.2 Å². The zero-order valence-corrected chi connectivity index (χ0v) is 23.4. The highest BCUT2D eigenvalue weighted by Gasteiger charge is 2.71. The number of nitrogens with one attached hydrogen (secondary N) is 1. The minimum atomic E-state index is -1.36. The number of nitrogens with zero attached hydrogens (tertiary/aromatic N) is 2. The van der Waals surface area contributed by atoms with Crippen molar-refractivity contribution in [3.8, 4) is 0 Å². The molecule has 0 aromatic heterocycles. The fourth-order valence-electron chi connectivity index (χ4n) is 6.48. The highest BCUT2D eigenvalue weighted by Crippen LogP contribution is 2.53. The average Bonchev–Trinajstić information content (AvgIpc) is 3.36. The van der Waals surface area contributed by atoms with Crippen molar-refractivity contribution in [2.45, 2.75) is 62.9 Å². The quantitative estimate of drug-likeness (QED) is 0.382. The zero-order valence-electron chi connectivity index (χ0n) is 23.4. The van der Waals surface area contributed by atoms with Gasteiger partial charge in [-0.2, -0.15) is 0 Å². The smallest absolute Gasteiger partial charge is 0.313 e. The van der Waals surface area contributed by atoms with Crippen LogP contribution in [0.5, 0.6) is 0 Å². The van der Waals surface area contributed by atoms with E-state index in [9.17, 15) is 24.3 Å². The fraction of sp³-hybridized carbons (Fsp3) is 0.548. The van der Waals surface area contributed by atoms with Gasteiger partial charge in [0.25, 0.3) is 0 Å². The molecular formula is C31H39N3O7. The highest BCUT2D eigenvalue weighted by molar-refractivity contribution is 5.99. The van der Waals surface area contributed by atoms with Gasteiger partial charge < -0.3 is 29.7 Å². The Kier molecular flexibility index (Phi) is 8.89. The van der Waals surface area contributed by atoms with Crippen molar-refractivity contribution >= 4 is 23.7 Å². The van der Waals surface area contributed by atoms with Crippen LogP contribution >= 0.6 is 0 Å². The van der Waals surface area contributed by atoms with Crippen LogP contribution in [0.2, 0.25) is 0 Å². The van der Waals surface area contributed by atoms with E-state index in [0.717, 1.165) is 18.4 Å². The van der Waals surface area contributed by atoms with Crippen molar-refractivity contribution in [3.63, 3.8) is 0 Å². The van der Waals surface area contributed by atoms with E-state index in [0.29, 0.717) is 25.9 Å². The first-order chi connectivity index (χ1) is 19.9. The Morgan fingerprint density at radius 1 is 1.05 bits per heavy atom. The molecule has 2 fully saturated rings. The van der Waals surface area contributed by atoms with Crippen LogP contribution in [0, 0.1) is 11.8 Å².